The van der Waals surface area contributed by atoms with Crippen LogP contribution in [0.15, 0.2) is 33.9 Å². The van der Waals surface area contributed by atoms with Gasteiger partial charge in [-0.2, -0.15) is 5.26 Å². The summed E-state index contributed by atoms with van der Waals surface area (Å²) >= 11 is 0. The van der Waals surface area contributed by atoms with E-state index in [2.05, 4.69) is 5.32 Å². The fourth-order valence-electron chi connectivity index (χ4n) is 3.56. The van der Waals surface area contributed by atoms with Crippen LogP contribution in [0.3, 0.4) is 0 Å². The predicted octanol–water partition coefficient (Wildman–Crippen LogP) is -0.187. The maximum Gasteiger partial charge on any atom is 0.331 e. The number of hydrogen-bond acceptors (Lipinski definition) is 5. The van der Waals surface area contributed by atoms with E-state index in [1.54, 1.807) is 24.3 Å². The van der Waals surface area contributed by atoms with Crippen molar-refractivity contribution in [1.82, 2.24) is 9.13 Å². The lowest BCUT2D eigenvalue weighted by molar-refractivity contribution is -0.122. The molecule has 0 unspecified atom stereocenters. The third kappa shape index (κ3) is 2.62. The van der Waals surface area contributed by atoms with Crippen LogP contribution in [0.25, 0.3) is 0 Å². The van der Waals surface area contributed by atoms with Crippen molar-refractivity contribution >= 4 is 23.2 Å². The van der Waals surface area contributed by atoms with Crippen molar-refractivity contribution in [2.45, 2.75) is 25.9 Å². The van der Waals surface area contributed by atoms with Crippen LogP contribution in [-0.4, -0.2) is 27.5 Å². The molecule has 3 heterocycles. The summed E-state index contributed by atoms with van der Waals surface area (Å²) in [6.45, 7) is -0.331. The second-order valence-corrected chi connectivity index (χ2v) is 6.41. The molecule has 0 spiro atoms. The highest BCUT2D eigenvalue weighted by molar-refractivity contribution is 6.09. The Bertz CT molecular complexity index is 1140. The van der Waals surface area contributed by atoms with Gasteiger partial charge in [-0.15, -0.1) is 0 Å². The lowest BCUT2D eigenvalue weighted by Crippen LogP contribution is -2.48. The number of nitrogens with one attached hydrogen (secondary N) is 1. The van der Waals surface area contributed by atoms with Crippen LogP contribution in [0.2, 0.25) is 0 Å². The monoisotopic (exact) mass is 365 g/mol. The van der Waals surface area contributed by atoms with Crippen molar-refractivity contribution in [2.75, 3.05) is 16.8 Å². The van der Waals surface area contributed by atoms with E-state index in [1.807, 2.05) is 6.07 Å². The number of anilines is 2. The van der Waals surface area contributed by atoms with E-state index in [0.29, 0.717) is 36.5 Å². The zero-order valence-corrected chi connectivity index (χ0v) is 14.3. The molecule has 0 bridgehead atoms. The molecule has 0 saturated carbocycles. The molecule has 136 valence electrons. The summed E-state index contributed by atoms with van der Waals surface area (Å²) in [5.74, 6) is -0.934. The minimum absolute atomic E-state index is 0.100. The minimum atomic E-state index is -0.765. The Morgan fingerprint density at radius 2 is 2.00 bits per heavy atom. The fraction of sp³-hybridized carbons (Fsp3) is 0.278. The summed E-state index contributed by atoms with van der Waals surface area (Å²) in [6.07, 6.45) is 1.16. The number of benzene rings is 1. The number of aromatic nitrogens is 2. The van der Waals surface area contributed by atoms with Crippen LogP contribution in [0, 0.1) is 11.3 Å². The van der Waals surface area contributed by atoms with Crippen LogP contribution < -0.4 is 21.5 Å². The van der Waals surface area contributed by atoms with Crippen molar-refractivity contribution in [1.29, 1.82) is 5.26 Å². The molecule has 4 rings (SSSR count). The van der Waals surface area contributed by atoms with E-state index in [0.717, 1.165) is 4.57 Å². The quantitative estimate of drug-likeness (QED) is 0.792. The number of rotatable bonds is 2. The van der Waals surface area contributed by atoms with Gasteiger partial charge in [-0.05, 0) is 25.0 Å². The topological polar surface area (TPSA) is 117 Å². The van der Waals surface area contributed by atoms with E-state index < -0.39 is 23.7 Å². The predicted molar refractivity (Wildman–Crippen MR) is 95.4 cm³/mol. The third-order valence-corrected chi connectivity index (χ3v) is 4.81. The molecule has 2 amide bonds. The van der Waals surface area contributed by atoms with Gasteiger partial charge in [-0.25, -0.2) is 9.36 Å². The molecule has 1 aromatic heterocycles. The summed E-state index contributed by atoms with van der Waals surface area (Å²) in [5, 5.41) is 12.0. The third-order valence-electron chi connectivity index (χ3n) is 4.81. The smallest absolute Gasteiger partial charge is 0.323 e. The molecule has 9 heteroatoms. The number of hydrogen-bond donors (Lipinski definition) is 1. The molecule has 0 aliphatic carbocycles. The first-order valence-electron chi connectivity index (χ1n) is 8.47. The molecule has 0 saturated heterocycles. The Balaban J connectivity index is 1.75. The molecule has 27 heavy (non-hydrogen) atoms. The first kappa shape index (κ1) is 16.8. The normalized spacial score (nSPS) is 14.9. The van der Waals surface area contributed by atoms with E-state index in [4.69, 9.17) is 0 Å². The molecule has 1 aromatic carbocycles. The molecule has 2 aliphatic rings. The van der Waals surface area contributed by atoms with Crippen molar-refractivity contribution < 1.29 is 9.59 Å². The van der Waals surface area contributed by atoms with E-state index in [1.165, 1.54) is 9.47 Å². The average molecular weight is 365 g/mol. The maximum atomic E-state index is 12.8. The number of carbonyl (C=O) groups excluding carboxylic acids is 2. The molecule has 2 aromatic rings. The SMILES string of the molecule is N#Cc1c2n(c(=O)n(CC(=O)N3CC(=O)Nc4ccccc43)c1=O)CCC2. The molecule has 1 N–H and O–H groups in total. The summed E-state index contributed by atoms with van der Waals surface area (Å²) in [4.78, 5) is 51.2. The van der Waals surface area contributed by atoms with Gasteiger partial charge in [0.15, 0.2) is 0 Å². The molecular formula is C18H15N5O4. The number of nitrogens with zero attached hydrogens (tertiary/aromatic N) is 4. The van der Waals surface area contributed by atoms with E-state index in [9.17, 15) is 24.4 Å². The first-order valence-corrected chi connectivity index (χ1v) is 8.47. The largest absolute Gasteiger partial charge is 0.331 e. The molecular weight excluding hydrogens is 350 g/mol. The van der Waals surface area contributed by atoms with Gasteiger partial charge in [0.05, 0.1) is 11.4 Å². The average Bonchev–Trinajstić information content (AvgIpc) is 3.14. The van der Waals surface area contributed by atoms with Crippen molar-refractivity contribution in [3.8, 4) is 6.07 Å². The first-order chi connectivity index (χ1) is 13.0. The van der Waals surface area contributed by atoms with E-state index in [-0.39, 0.29) is 18.0 Å². The highest BCUT2D eigenvalue weighted by atomic mass is 16.2. The minimum Gasteiger partial charge on any atom is -0.323 e. The number of nitriles is 1. The van der Waals surface area contributed by atoms with Crippen LogP contribution in [-0.2, 0) is 29.1 Å². The van der Waals surface area contributed by atoms with Gasteiger partial charge in [0.25, 0.3) is 5.56 Å². The number of carbonyl (C=O) groups is 2. The van der Waals surface area contributed by atoms with E-state index >= 15 is 0 Å². The molecule has 0 radical (unpaired) electrons. The Morgan fingerprint density at radius 3 is 2.78 bits per heavy atom. The highest BCUT2D eigenvalue weighted by Gasteiger charge is 2.29. The van der Waals surface area contributed by atoms with Crippen molar-refractivity contribution in [2.24, 2.45) is 0 Å². The Hall–Kier alpha value is -3.67. The van der Waals surface area contributed by atoms with Crippen LogP contribution in [0.1, 0.15) is 17.7 Å². The summed E-state index contributed by atoms with van der Waals surface area (Å²) in [6, 6.07) is 8.64. The molecule has 2 aliphatic heterocycles. The van der Waals surface area contributed by atoms with Crippen LogP contribution >= 0.6 is 0 Å². The number of amides is 2. The van der Waals surface area contributed by atoms with Crippen molar-refractivity contribution in [3.05, 3.63) is 56.4 Å². The standard InChI is InChI=1S/C18H15N5O4/c19-8-11-13-6-3-7-21(13)18(27)23(17(11)26)10-16(25)22-9-15(24)20-12-4-1-2-5-14(12)22/h1-2,4-5H,3,6-7,9-10H2,(H,20,24). The van der Waals surface area contributed by atoms with Gasteiger partial charge in [0.1, 0.15) is 24.7 Å². The lowest BCUT2D eigenvalue weighted by atomic mass is 10.2. The second kappa shape index (κ2) is 6.25. The lowest BCUT2D eigenvalue weighted by Gasteiger charge is -2.29. The fourth-order valence-corrected chi connectivity index (χ4v) is 3.56. The Labute approximate surface area is 153 Å². The van der Waals surface area contributed by atoms with Gasteiger partial charge in [0, 0.05) is 12.2 Å². The Morgan fingerprint density at radius 1 is 1.22 bits per heavy atom. The van der Waals surface area contributed by atoms with Gasteiger partial charge in [0.2, 0.25) is 11.8 Å². The zero-order chi connectivity index (χ0) is 19.1. The number of para-hydroxylation sites is 2. The molecule has 0 fully saturated rings. The zero-order valence-electron chi connectivity index (χ0n) is 14.3. The Kier molecular flexibility index (Phi) is 3.88. The molecule has 0 atom stereocenters. The van der Waals surface area contributed by atoms with Gasteiger partial charge in [-0.3, -0.25) is 23.9 Å². The maximum absolute atomic E-state index is 12.8. The molecule has 9 nitrogen and oxygen atoms in total. The van der Waals surface area contributed by atoms with Gasteiger partial charge >= 0.3 is 5.69 Å². The van der Waals surface area contributed by atoms with Gasteiger partial charge < -0.3 is 5.32 Å². The van der Waals surface area contributed by atoms with Gasteiger partial charge in [-0.1, -0.05) is 12.1 Å². The summed E-state index contributed by atoms with van der Waals surface area (Å²) in [7, 11) is 0. The highest BCUT2D eigenvalue weighted by Crippen LogP contribution is 2.28. The van der Waals surface area contributed by atoms with Crippen LogP contribution in [0.4, 0.5) is 11.4 Å². The summed E-state index contributed by atoms with van der Waals surface area (Å²) < 4.78 is 2.16. The number of fused-ring (bicyclic) bond motifs is 2. The van der Waals surface area contributed by atoms with Crippen molar-refractivity contribution in [3.63, 3.8) is 0 Å². The van der Waals surface area contributed by atoms with Crippen LogP contribution in [0.5, 0.6) is 0 Å². The summed E-state index contributed by atoms with van der Waals surface area (Å²) in [5.41, 5.74) is -0.0568. The second-order valence-electron chi connectivity index (χ2n) is 6.41.